The number of benzene rings is 2. The van der Waals surface area contributed by atoms with E-state index in [-0.39, 0.29) is 5.56 Å². The molecule has 0 radical (unpaired) electrons. The van der Waals surface area contributed by atoms with Gasteiger partial charge in [0.25, 0.3) is 5.56 Å². The van der Waals surface area contributed by atoms with E-state index in [9.17, 15) is 4.79 Å². The fourth-order valence-corrected chi connectivity index (χ4v) is 2.98. The maximum absolute atomic E-state index is 12.9. The Bertz CT molecular complexity index is 1180. The van der Waals surface area contributed by atoms with Gasteiger partial charge in [-0.2, -0.15) is 9.78 Å². The highest BCUT2D eigenvalue weighted by Gasteiger charge is 2.12. The smallest absolute Gasteiger partial charge is 0.298 e. The van der Waals surface area contributed by atoms with Gasteiger partial charge in [0.2, 0.25) is 0 Å². The third kappa shape index (κ3) is 2.65. The number of nitrogens with one attached hydrogen (secondary N) is 1. The predicted molar refractivity (Wildman–Crippen MR) is 106 cm³/mol. The summed E-state index contributed by atoms with van der Waals surface area (Å²) in [5.74, 6) is 0.549. The van der Waals surface area contributed by atoms with Crippen LogP contribution in [0.1, 0.15) is 11.4 Å². The molecule has 0 aliphatic carbocycles. The highest BCUT2D eigenvalue weighted by molar-refractivity contribution is 6.04. The maximum Gasteiger partial charge on any atom is 0.298 e. The second kappa shape index (κ2) is 6.15. The number of aryl methyl sites for hydroxylation is 1. The van der Waals surface area contributed by atoms with Crippen molar-refractivity contribution in [3.63, 3.8) is 0 Å². The molecule has 130 valence electrons. The number of H-pyrrole nitrogens is 1. The van der Waals surface area contributed by atoms with Crippen LogP contribution < -0.4 is 10.5 Å². The summed E-state index contributed by atoms with van der Waals surface area (Å²) in [6.07, 6.45) is 1.67. The van der Waals surface area contributed by atoms with Crippen LogP contribution in [0, 0.1) is 6.92 Å². The molecule has 0 fully saturated rings. The van der Waals surface area contributed by atoms with Crippen molar-refractivity contribution in [3.8, 4) is 0 Å². The van der Waals surface area contributed by atoms with Crippen LogP contribution in [-0.2, 0) is 0 Å². The topological polar surface area (TPSA) is 66.3 Å². The van der Waals surface area contributed by atoms with E-state index in [1.165, 1.54) is 4.68 Å². The van der Waals surface area contributed by atoms with Gasteiger partial charge in [0, 0.05) is 30.7 Å². The first-order chi connectivity index (χ1) is 12.5. The van der Waals surface area contributed by atoms with Crippen LogP contribution in [0.3, 0.4) is 0 Å². The summed E-state index contributed by atoms with van der Waals surface area (Å²) < 4.78 is 1.33. The lowest BCUT2D eigenvalue weighted by molar-refractivity contribution is 0.770. The normalized spacial score (nSPS) is 11.7. The molecule has 0 unspecified atom stereocenters. The summed E-state index contributed by atoms with van der Waals surface area (Å²) >= 11 is 0. The van der Waals surface area contributed by atoms with E-state index in [1.807, 2.05) is 67.5 Å². The molecule has 0 amide bonds. The number of para-hydroxylation sites is 1. The molecule has 4 aromatic rings. The van der Waals surface area contributed by atoms with Gasteiger partial charge < -0.3 is 9.88 Å². The predicted octanol–water partition coefficient (Wildman–Crippen LogP) is 3.13. The van der Waals surface area contributed by atoms with E-state index in [2.05, 4.69) is 15.1 Å². The third-order valence-electron chi connectivity index (χ3n) is 4.40. The van der Waals surface area contributed by atoms with E-state index < -0.39 is 0 Å². The molecular weight excluding hydrogens is 326 g/mol. The number of aromatic amines is 1. The molecule has 6 heteroatoms. The summed E-state index contributed by atoms with van der Waals surface area (Å²) in [5, 5.41) is 5.30. The first-order valence-electron chi connectivity index (χ1n) is 8.36. The number of rotatable bonds is 3. The molecule has 2 aromatic carbocycles. The zero-order valence-electron chi connectivity index (χ0n) is 14.9. The Hall–Kier alpha value is -3.41. The Balaban J connectivity index is 1.79. The molecule has 0 spiro atoms. The quantitative estimate of drug-likeness (QED) is 0.580. The van der Waals surface area contributed by atoms with Gasteiger partial charge in [-0.25, -0.2) is 4.98 Å². The van der Waals surface area contributed by atoms with Crippen molar-refractivity contribution >= 4 is 33.8 Å². The second-order valence-electron chi connectivity index (χ2n) is 6.40. The number of nitrogens with zero attached hydrogens (tertiary/aromatic N) is 4. The average molecular weight is 345 g/mol. The Labute approximate surface area is 150 Å². The van der Waals surface area contributed by atoms with E-state index in [0.717, 1.165) is 22.2 Å². The lowest BCUT2D eigenvalue weighted by Gasteiger charge is -2.11. The highest BCUT2D eigenvalue weighted by Crippen LogP contribution is 2.21. The summed E-state index contributed by atoms with van der Waals surface area (Å²) in [5.41, 5.74) is 3.87. The lowest BCUT2D eigenvalue weighted by Crippen LogP contribution is -2.20. The number of hydrogen-bond acceptors (Lipinski definition) is 4. The van der Waals surface area contributed by atoms with E-state index in [4.69, 9.17) is 0 Å². The van der Waals surface area contributed by atoms with Gasteiger partial charge in [0.15, 0.2) is 0 Å². The summed E-state index contributed by atoms with van der Waals surface area (Å²) in [7, 11) is 3.99. The lowest BCUT2D eigenvalue weighted by atomic mass is 10.2. The second-order valence-corrected chi connectivity index (χ2v) is 6.40. The molecule has 0 bridgehead atoms. The van der Waals surface area contributed by atoms with Crippen LogP contribution in [0.2, 0.25) is 0 Å². The summed E-state index contributed by atoms with van der Waals surface area (Å²) in [6.45, 7) is 1.79. The van der Waals surface area contributed by atoms with Crippen LogP contribution in [0.15, 0.2) is 58.4 Å². The Morgan fingerprint density at radius 3 is 2.58 bits per heavy atom. The van der Waals surface area contributed by atoms with Gasteiger partial charge in [-0.15, -0.1) is 0 Å². The maximum atomic E-state index is 12.9. The van der Waals surface area contributed by atoms with Crippen LogP contribution in [0.5, 0.6) is 0 Å². The van der Waals surface area contributed by atoms with Crippen molar-refractivity contribution in [1.82, 2.24) is 14.6 Å². The Morgan fingerprint density at radius 2 is 1.85 bits per heavy atom. The zero-order valence-corrected chi connectivity index (χ0v) is 14.9. The number of fused-ring (bicyclic) bond motifs is 3. The number of anilines is 1. The molecule has 6 nitrogen and oxygen atoms in total. The molecule has 4 rings (SSSR count). The summed E-state index contributed by atoms with van der Waals surface area (Å²) in [6, 6.07) is 15.7. The molecule has 26 heavy (non-hydrogen) atoms. The van der Waals surface area contributed by atoms with Gasteiger partial charge in [-0.3, -0.25) is 4.79 Å². The van der Waals surface area contributed by atoms with Crippen LogP contribution in [-0.4, -0.2) is 35.0 Å². The van der Waals surface area contributed by atoms with Crippen LogP contribution in [0.25, 0.3) is 21.9 Å². The number of aromatic nitrogens is 3. The van der Waals surface area contributed by atoms with Crippen LogP contribution in [0.4, 0.5) is 5.69 Å². The van der Waals surface area contributed by atoms with Crippen molar-refractivity contribution < 1.29 is 0 Å². The van der Waals surface area contributed by atoms with Crippen molar-refractivity contribution in [2.24, 2.45) is 5.10 Å². The van der Waals surface area contributed by atoms with Gasteiger partial charge >= 0.3 is 0 Å². The van der Waals surface area contributed by atoms with Crippen molar-refractivity contribution in [3.05, 3.63) is 70.3 Å². The SMILES string of the molecule is Cc1nc2c([nH]c3ccccc32)c(=O)n1/N=C/c1ccc(N(C)C)cc1. The zero-order chi connectivity index (χ0) is 18.3. The standard InChI is InChI=1S/C20H19N5O/c1-13-22-18-16-6-4-5-7-17(16)23-19(18)20(26)25(13)21-12-14-8-10-15(11-9-14)24(2)3/h4-12,23H,1-3H3/b21-12+. The first-order valence-corrected chi connectivity index (χ1v) is 8.36. The fraction of sp³-hybridized carbons (Fsp3) is 0.150. The molecule has 0 aliphatic rings. The molecule has 2 heterocycles. The Morgan fingerprint density at radius 1 is 1.12 bits per heavy atom. The molecule has 1 N–H and O–H groups in total. The Kier molecular flexibility index (Phi) is 3.80. The summed E-state index contributed by atoms with van der Waals surface area (Å²) in [4.78, 5) is 22.6. The van der Waals surface area contributed by atoms with E-state index in [1.54, 1.807) is 13.1 Å². The molecule has 0 saturated carbocycles. The first kappa shape index (κ1) is 16.1. The molecule has 0 aliphatic heterocycles. The minimum Gasteiger partial charge on any atom is -0.378 e. The molecule has 0 saturated heterocycles. The van der Waals surface area contributed by atoms with Crippen molar-refractivity contribution in [1.29, 1.82) is 0 Å². The van der Waals surface area contributed by atoms with Gasteiger partial charge in [0.05, 0.1) is 6.21 Å². The number of hydrogen-bond donors (Lipinski definition) is 1. The molecule has 2 aromatic heterocycles. The minimum absolute atomic E-state index is 0.204. The minimum atomic E-state index is -0.204. The highest BCUT2D eigenvalue weighted by atomic mass is 16.1. The third-order valence-corrected chi connectivity index (χ3v) is 4.40. The van der Waals surface area contributed by atoms with E-state index >= 15 is 0 Å². The largest absolute Gasteiger partial charge is 0.378 e. The van der Waals surface area contributed by atoms with E-state index in [0.29, 0.717) is 16.9 Å². The fourth-order valence-electron chi connectivity index (χ4n) is 2.98. The van der Waals surface area contributed by atoms with Crippen molar-refractivity contribution in [2.75, 3.05) is 19.0 Å². The van der Waals surface area contributed by atoms with Gasteiger partial charge in [0.1, 0.15) is 16.9 Å². The van der Waals surface area contributed by atoms with Crippen LogP contribution >= 0.6 is 0 Å². The van der Waals surface area contributed by atoms with Gasteiger partial charge in [-0.05, 0) is 30.7 Å². The molecule has 0 atom stereocenters. The molecular formula is C20H19N5O. The monoisotopic (exact) mass is 345 g/mol. The van der Waals surface area contributed by atoms with Gasteiger partial charge in [-0.1, -0.05) is 30.3 Å². The van der Waals surface area contributed by atoms with Crippen molar-refractivity contribution in [2.45, 2.75) is 6.92 Å². The average Bonchev–Trinajstić information content (AvgIpc) is 3.01.